The Hall–Kier alpha value is -3.24. The Labute approximate surface area is 277 Å². The van der Waals surface area contributed by atoms with Crippen molar-refractivity contribution in [2.24, 2.45) is 0 Å². The number of likely N-dealkylation sites (N-methyl/N-ethyl adjacent to an activating group) is 1. The molecule has 46 heavy (non-hydrogen) atoms. The molecule has 0 radical (unpaired) electrons. The van der Waals surface area contributed by atoms with Crippen molar-refractivity contribution in [2.75, 3.05) is 37.3 Å². The Bertz CT molecular complexity index is 1890. The normalized spacial score (nSPS) is 27.2. The molecular weight excluding hydrogens is 622 g/mol. The highest BCUT2D eigenvalue weighted by molar-refractivity contribution is 7.16. The lowest BCUT2D eigenvalue weighted by Gasteiger charge is -2.39. The number of fused-ring (bicyclic) bond motifs is 5. The van der Waals surface area contributed by atoms with E-state index in [9.17, 15) is 10.4 Å². The number of aryl methyl sites for hydroxylation is 1. The molecule has 4 atom stereocenters. The smallest absolute Gasteiger partial charge is 0.186 e. The third-order valence-corrected chi connectivity index (χ3v) is 12.4. The Balaban J connectivity index is 1.32. The van der Waals surface area contributed by atoms with Crippen LogP contribution < -0.4 is 10.6 Å². The van der Waals surface area contributed by atoms with Gasteiger partial charge in [-0.3, -0.25) is 0 Å². The number of rotatable bonds is 4. The first kappa shape index (κ1) is 30.1. The highest BCUT2D eigenvalue weighted by Gasteiger charge is 2.49. The first-order chi connectivity index (χ1) is 22.1. The van der Waals surface area contributed by atoms with Gasteiger partial charge < -0.3 is 25.2 Å². The van der Waals surface area contributed by atoms with Crippen LogP contribution in [-0.4, -0.2) is 73.2 Å². The number of hydrogen-bond donors (Lipinski definition) is 2. The minimum atomic E-state index is -0.850. The van der Waals surface area contributed by atoms with Crippen LogP contribution in [-0.2, 0) is 18.3 Å². The van der Waals surface area contributed by atoms with Crippen molar-refractivity contribution in [2.45, 2.75) is 101 Å². The van der Waals surface area contributed by atoms with Gasteiger partial charge in [0.2, 0.25) is 0 Å². The number of β-amino-alcohol motifs (C(OH)–C–C–N with tert-alkyl or cyclic N) is 1. The molecule has 2 aliphatic heterocycles. The maximum atomic E-state index is 11.1. The van der Waals surface area contributed by atoms with E-state index in [2.05, 4.69) is 29.8 Å². The van der Waals surface area contributed by atoms with Crippen LogP contribution in [0.1, 0.15) is 98.6 Å². The van der Waals surface area contributed by atoms with E-state index in [0.29, 0.717) is 56.7 Å². The van der Waals surface area contributed by atoms with Crippen LogP contribution in [0, 0.1) is 11.3 Å². The summed E-state index contributed by atoms with van der Waals surface area (Å²) in [6, 6.07) is 2.75. The Morgan fingerprint density at radius 2 is 1.96 bits per heavy atom. The summed E-state index contributed by atoms with van der Waals surface area (Å²) in [5.74, 6) is 1.96. The molecule has 0 aromatic carbocycles. The predicted octanol–water partition coefficient (Wildman–Crippen LogP) is 5.62. The second-order valence-electron chi connectivity index (χ2n) is 14.1. The number of nitrogen functional groups attached to an aromatic ring is 1. The van der Waals surface area contributed by atoms with Crippen molar-refractivity contribution in [3.8, 4) is 17.6 Å². The number of anilines is 2. The topological polar surface area (TPSA) is 146 Å². The third-order valence-electron chi connectivity index (χ3n) is 11.1. The van der Waals surface area contributed by atoms with Gasteiger partial charge in [0.25, 0.3) is 0 Å². The standard InChI is InChI=1S/C33H40ClN9O2S/c1-18(21-9-6-14-41(21)3)43-31-23(27(34)39-43)30(42-15-7-11-32(2,44)17-42)37-29(38-31)25-19-8-4-12-33(26(19)45-40-25)13-5-10-22-24(33)20(16-35)28(36)46-22/h18,21,44H,4-15,17,36H2,1-3H3/t18-,21-,32+,33-/m0/s1. The van der Waals surface area contributed by atoms with Crippen molar-refractivity contribution >= 4 is 44.8 Å². The molecule has 242 valence electrons. The number of piperidine rings is 1. The molecule has 0 amide bonds. The van der Waals surface area contributed by atoms with E-state index in [4.69, 9.17) is 42.1 Å². The van der Waals surface area contributed by atoms with Crippen LogP contribution >= 0.6 is 22.9 Å². The molecule has 2 fully saturated rings. The van der Waals surface area contributed by atoms with Gasteiger partial charge in [-0.2, -0.15) is 10.4 Å². The van der Waals surface area contributed by atoms with Crippen molar-refractivity contribution in [1.82, 2.24) is 29.8 Å². The molecular formula is C33H40ClN9O2S. The van der Waals surface area contributed by atoms with Crippen molar-refractivity contribution < 1.29 is 9.63 Å². The number of nitrogens with zero attached hydrogens (tertiary/aromatic N) is 8. The minimum Gasteiger partial charge on any atom is -0.389 e. The lowest BCUT2D eigenvalue weighted by atomic mass is 9.63. The average molecular weight is 662 g/mol. The van der Waals surface area contributed by atoms with Crippen LogP contribution in [0.25, 0.3) is 22.6 Å². The number of nitrogens with two attached hydrogens (primary N) is 1. The van der Waals surface area contributed by atoms with Gasteiger partial charge in [-0.1, -0.05) is 16.8 Å². The fraction of sp³-hybridized carbons (Fsp3) is 0.606. The highest BCUT2D eigenvalue weighted by Crippen LogP contribution is 2.55. The average Bonchev–Trinajstić information content (AvgIpc) is 3.81. The molecule has 2 aliphatic carbocycles. The molecule has 4 aromatic rings. The van der Waals surface area contributed by atoms with Crippen molar-refractivity contribution in [1.29, 1.82) is 5.26 Å². The summed E-state index contributed by atoms with van der Waals surface area (Å²) in [5, 5.41) is 32.4. The molecule has 2 saturated heterocycles. The third kappa shape index (κ3) is 4.49. The molecule has 1 spiro atoms. The molecule has 8 rings (SSSR count). The van der Waals surface area contributed by atoms with Crippen LogP contribution in [0.3, 0.4) is 0 Å². The number of aromatic nitrogens is 5. The van der Waals surface area contributed by atoms with Gasteiger partial charge in [0, 0.05) is 29.6 Å². The Morgan fingerprint density at radius 3 is 2.70 bits per heavy atom. The summed E-state index contributed by atoms with van der Waals surface area (Å²) in [7, 11) is 2.16. The number of nitriles is 1. The van der Waals surface area contributed by atoms with E-state index in [1.807, 2.05) is 11.6 Å². The first-order valence-corrected chi connectivity index (χ1v) is 17.8. The lowest BCUT2D eigenvalue weighted by molar-refractivity contribution is 0.0448. The summed E-state index contributed by atoms with van der Waals surface area (Å²) in [4.78, 5) is 16.0. The first-order valence-electron chi connectivity index (χ1n) is 16.6. The number of thiophene rings is 1. The van der Waals surface area contributed by atoms with Gasteiger partial charge >= 0.3 is 0 Å². The van der Waals surface area contributed by atoms with Gasteiger partial charge in [0.15, 0.2) is 28.1 Å². The van der Waals surface area contributed by atoms with Gasteiger partial charge in [-0.05, 0) is 97.2 Å². The zero-order valence-corrected chi connectivity index (χ0v) is 28.2. The van der Waals surface area contributed by atoms with E-state index >= 15 is 0 Å². The summed E-state index contributed by atoms with van der Waals surface area (Å²) in [6.45, 7) is 6.28. The van der Waals surface area contributed by atoms with Gasteiger partial charge in [0.05, 0.1) is 22.6 Å². The van der Waals surface area contributed by atoms with E-state index < -0.39 is 11.0 Å². The second kappa shape index (κ2) is 10.9. The van der Waals surface area contributed by atoms with Crippen LogP contribution in [0.5, 0.6) is 0 Å². The predicted molar refractivity (Wildman–Crippen MR) is 178 cm³/mol. The molecule has 4 aliphatic rings. The van der Waals surface area contributed by atoms with Crippen LogP contribution in [0.15, 0.2) is 4.52 Å². The molecule has 11 nitrogen and oxygen atoms in total. The largest absolute Gasteiger partial charge is 0.389 e. The zero-order valence-electron chi connectivity index (χ0n) is 26.6. The molecule has 13 heteroatoms. The molecule has 6 heterocycles. The van der Waals surface area contributed by atoms with Gasteiger partial charge in [-0.15, -0.1) is 11.3 Å². The van der Waals surface area contributed by atoms with Crippen molar-refractivity contribution in [3.63, 3.8) is 0 Å². The fourth-order valence-electron chi connectivity index (χ4n) is 8.92. The summed E-state index contributed by atoms with van der Waals surface area (Å²) >= 11 is 8.48. The number of halogens is 1. The minimum absolute atomic E-state index is 0.0335. The SMILES string of the molecule is C[C@@H]([C@@H]1CCCN1C)n1nc(Cl)c2c(N3CCC[C@@](C)(O)C3)nc(-c3noc4c3CCC[C@@]43CCCc4sc(N)c(C#N)c43)nc21. The molecule has 4 aromatic heterocycles. The summed E-state index contributed by atoms with van der Waals surface area (Å²) in [6.07, 6.45) is 9.18. The summed E-state index contributed by atoms with van der Waals surface area (Å²) in [5.41, 5.74) is 9.03. The van der Waals surface area contributed by atoms with Gasteiger partial charge in [0.1, 0.15) is 22.3 Å². The van der Waals surface area contributed by atoms with Crippen LogP contribution in [0.2, 0.25) is 5.15 Å². The summed E-state index contributed by atoms with van der Waals surface area (Å²) < 4.78 is 8.29. The molecule has 3 N–H and O–H groups in total. The fourth-order valence-corrected chi connectivity index (χ4v) is 10.3. The van der Waals surface area contributed by atoms with E-state index in [0.717, 1.165) is 94.2 Å². The monoisotopic (exact) mass is 661 g/mol. The maximum absolute atomic E-state index is 11.1. The number of hydrogen-bond acceptors (Lipinski definition) is 11. The number of aliphatic hydroxyl groups is 1. The zero-order chi connectivity index (χ0) is 32.0. The Morgan fingerprint density at radius 1 is 1.15 bits per heavy atom. The van der Waals surface area contributed by atoms with Gasteiger partial charge in [-0.25, -0.2) is 14.6 Å². The second-order valence-corrected chi connectivity index (χ2v) is 15.6. The maximum Gasteiger partial charge on any atom is 0.186 e. The lowest BCUT2D eigenvalue weighted by Crippen LogP contribution is -2.46. The molecule has 0 unspecified atom stereocenters. The molecule has 0 saturated carbocycles. The Kier molecular flexibility index (Phi) is 7.14. The van der Waals surface area contributed by atoms with E-state index in [1.54, 1.807) is 0 Å². The van der Waals surface area contributed by atoms with Crippen molar-refractivity contribution in [3.05, 3.63) is 32.5 Å². The number of likely N-dealkylation sites (tertiary alicyclic amines) is 1. The quantitative estimate of drug-likeness (QED) is 0.283. The van der Waals surface area contributed by atoms with Crippen LogP contribution in [0.4, 0.5) is 10.8 Å². The highest BCUT2D eigenvalue weighted by atomic mass is 35.5. The van der Waals surface area contributed by atoms with E-state index in [1.165, 1.54) is 16.2 Å². The van der Waals surface area contributed by atoms with E-state index in [-0.39, 0.29) is 6.04 Å². The molecule has 0 bridgehead atoms.